The van der Waals surface area contributed by atoms with Crippen molar-refractivity contribution in [3.63, 3.8) is 0 Å². The molecule has 0 radical (unpaired) electrons. The molecule has 0 amide bonds. The summed E-state index contributed by atoms with van der Waals surface area (Å²) in [5.41, 5.74) is 0.874. The molecule has 0 atom stereocenters. The maximum absolute atomic E-state index is 8.42. The Kier molecular flexibility index (Phi) is 4.18. The maximum atomic E-state index is 8.42. The Morgan fingerprint density at radius 1 is 1.41 bits per heavy atom. The van der Waals surface area contributed by atoms with Crippen LogP contribution in [0.25, 0.3) is 11.5 Å². The number of benzene rings is 1. The topological polar surface area (TPSA) is 62.7 Å². The molecule has 1 heterocycles. The summed E-state index contributed by atoms with van der Waals surface area (Å²) in [7, 11) is 0. The lowest BCUT2D eigenvalue weighted by Crippen LogP contribution is -1.77. The Hall–Kier alpha value is -1.32. The molecule has 0 spiro atoms. The van der Waals surface area contributed by atoms with Crippen LogP contribution in [-0.4, -0.2) is 16.0 Å². The molecule has 0 bridgehead atoms. The highest BCUT2D eigenvalue weighted by atomic mass is 79.9. The van der Waals surface area contributed by atoms with Crippen LogP contribution in [0.4, 0.5) is 0 Å². The average Bonchev–Trinajstić information content (AvgIpc) is 2.78. The van der Waals surface area contributed by atoms with E-state index in [1.807, 2.05) is 24.3 Å². The van der Waals surface area contributed by atoms with E-state index in [4.69, 9.17) is 9.68 Å². The monoisotopic (exact) mass is 309 g/mol. The fraction of sp³-hybridized carbons (Fsp3) is 0.182. The van der Waals surface area contributed by atoms with Gasteiger partial charge in [0.15, 0.2) is 0 Å². The predicted molar refractivity (Wildman–Crippen MR) is 68.4 cm³/mol. The summed E-state index contributed by atoms with van der Waals surface area (Å²) in [5.74, 6) is 1.15. The summed E-state index contributed by atoms with van der Waals surface area (Å²) < 4.78 is 6.45. The molecule has 0 unspecified atom stereocenters. The van der Waals surface area contributed by atoms with Crippen LogP contribution in [0.3, 0.4) is 0 Å². The second kappa shape index (κ2) is 5.84. The average molecular weight is 310 g/mol. The zero-order valence-corrected chi connectivity index (χ0v) is 11.2. The van der Waals surface area contributed by atoms with E-state index in [0.29, 0.717) is 23.3 Å². The number of thioether (sulfide) groups is 1. The Bertz CT molecular complexity index is 550. The van der Waals surface area contributed by atoms with Crippen LogP contribution in [0.15, 0.2) is 38.4 Å². The minimum atomic E-state index is 0.471. The fourth-order valence-corrected chi connectivity index (χ4v) is 2.19. The van der Waals surface area contributed by atoms with E-state index in [-0.39, 0.29) is 0 Å². The van der Waals surface area contributed by atoms with Gasteiger partial charge in [-0.1, -0.05) is 33.8 Å². The predicted octanol–water partition coefficient (Wildman–Crippen LogP) is 3.50. The first kappa shape index (κ1) is 12.1. The molecule has 0 aliphatic carbocycles. The van der Waals surface area contributed by atoms with Crippen LogP contribution >= 0.6 is 27.7 Å². The van der Waals surface area contributed by atoms with E-state index in [2.05, 4.69) is 32.2 Å². The van der Waals surface area contributed by atoms with Crippen LogP contribution < -0.4 is 0 Å². The highest BCUT2D eigenvalue weighted by Gasteiger charge is 2.08. The zero-order valence-electron chi connectivity index (χ0n) is 8.76. The van der Waals surface area contributed by atoms with E-state index >= 15 is 0 Å². The molecule has 6 heteroatoms. The minimum absolute atomic E-state index is 0.471. The van der Waals surface area contributed by atoms with Gasteiger partial charge in [0.2, 0.25) is 5.89 Å². The van der Waals surface area contributed by atoms with Crippen molar-refractivity contribution in [1.82, 2.24) is 10.2 Å². The van der Waals surface area contributed by atoms with Crippen molar-refractivity contribution in [3.8, 4) is 17.5 Å². The second-order valence-electron chi connectivity index (χ2n) is 3.14. The molecule has 0 saturated heterocycles. The maximum Gasteiger partial charge on any atom is 0.276 e. The normalized spacial score (nSPS) is 10.1. The number of aromatic nitrogens is 2. The van der Waals surface area contributed by atoms with Crippen LogP contribution in [-0.2, 0) is 0 Å². The van der Waals surface area contributed by atoms with E-state index in [0.717, 1.165) is 10.0 Å². The number of rotatable bonds is 4. The second-order valence-corrected chi connectivity index (χ2v) is 5.10. The summed E-state index contributed by atoms with van der Waals surface area (Å²) in [6, 6.07) is 9.73. The lowest BCUT2D eigenvalue weighted by atomic mass is 10.2. The molecule has 1 aromatic heterocycles. The van der Waals surface area contributed by atoms with E-state index in [9.17, 15) is 0 Å². The number of nitriles is 1. The summed E-state index contributed by atoms with van der Waals surface area (Å²) in [6.07, 6.45) is 0.471. The van der Waals surface area contributed by atoms with Crippen molar-refractivity contribution in [1.29, 1.82) is 5.26 Å². The summed E-state index contributed by atoms with van der Waals surface area (Å²) in [4.78, 5) is 0. The molecular weight excluding hydrogens is 302 g/mol. The van der Waals surface area contributed by atoms with Crippen LogP contribution in [0.2, 0.25) is 0 Å². The number of hydrogen-bond donors (Lipinski definition) is 0. The molecule has 2 rings (SSSR count). The van der Waals surface area contributed by atoms with Crippen molar-refractivity contribution in [2.45, 2.75) is 11.6 Å². The van der Waals surface area contributed by atoms with Crippen LogP contribution in [0.1, 0.15) is 6.42 Å². The summed E-state index contributed by atoms with van der Waals surface area (Å²) >= 11 is 4.78. The molecule has 1 aromatic carbocycles. The van der Waals surface area contributed by atoms with Crippen molar-refractivity contribution in [2.24, 2.45) is 0 Å². The van der Waals surface area contributed by atoms with Gasteiger partial charge in [0, 0.05) is 22.2 Å². The lowest BCUT2D eigenvalue weighted by molar-refractivity contribution is 0.466. The van der Waals surface area contributed by atoms with E-state index < -0.39 is 0 Å². The van der Waals surface area contributed by atoms with Crippen molar-refractivity contribution in [3.05, 3.63) is 28.7 Å². The lowest BCUT2D eigenvalue weighted by Gasteiger charge is -1.94. The minimum Gasteiger partial charge on any atom is -0.411 e. The van der Waals surface area contributed by atoms with Gasteiger partial charge in [-0.2, -0.15) is 5.26 Å². The van der Waals surface area contributed by atoms with Crippen LogP contribution in [0, 0.1) is 11.3 Å². The first-order chi connectivity index (χ1) is 8.29. The van der Waals surface area contributed by atoms with Gasteiger partial charge in [-0.25, -0.2) is 0 Å². The molecule has 2 aromatic rings. The SMILES string of the molecule is N#CCCSc1nnc(-c2cccc(Br)c2)o1. The number of nitrogens with zero attached hydrogens (tertiary/aromatic N) is 3. The van der Waals surface area contributed by atoms with Gasteiger partial charge in [0.1, 0.15) is 0 Å². The zero-order chi connectivity index (χ0) is 12.1. The molecular formula is C11H8BrN3OS. The van der Waals surface area contributed by atoms with Gasteiger partial charge in [0.05, 0.1) is 6.07 Å². The van der Waals surface area contributed by atoms with Crippen LogP contribution in [0.5, 0.6) is 0 Å². The highest BCUT2D eigenvalue weighted by molar-refractivity contribution is 9.10. The van der Waals surface area contributed by atoms with Gasteiger partial charge in [0.25, 0.3) is 5.22 Å². The van der Waals surface area contributed by atoms with Gasteiger partial charge in [-0.15, -0.1) is 10.2 Å². The molecule has 0 aliphatic rings. The summed E-state index contributed by atoms with van der Waals surface area (Å²) in [5, 5.41) is 16.8. The molecule has 0 N–H and O–H groups in total. The Balaban J connectivity index is 2.10. The Morgan fingerprint density at radius 2 is 2.29 bits per heavy atom. The molecule has 17 heavy (non-hydrogen) atoms. The first-order valence-electron chi connectivity index (χ1n) is 4.89. The highest BCUT2D eigenvalue weighted by Crippen LogP contribution is 2.25. The third kappa shape index (κ3) is 3.32. The largest absolute Gasteiger partial charge is 0.411 e. The number of halogens is 1. The van der Waals surface area contributed by atoms with Gasteiger partial charge in [-0.05, 0) is 18.2 Å². The Morgan fingerprint density at radius 3 is 3.06 bits per heavy atom. The van der Waals surface area contributed by atoms with Gasteiger partial charge in [-0.3, -0.25) is 0 Å². The number of hydrogen-bond acceptors (Lipinski definition) is 5. The fourth-order valence-electron chi connectivity index (χ4n) is 1.19. The third-order valence-electron chi connectivity index (χ3n) is 1.92. The molecule has 0 saturated carbocycles. The standard InChI is InChI=1S/C11H8BrN3OS/c12-9-4-1-3-8(7-9)10-14-15-11(16-10)17-6-2-5-13/h1,3-4,7H,2,6H2. The van der Waals surface area contributed by atoms with Gasteiger partial charge >= 0.3 is 0 Å². The summed E-state index contributed by atoms with van der Waals surface area (Å²) in [6.45, 7) is 0. The molecule has 86 valence electrons. The van der Waals surface area contributed by atoms with Crippen molar-refractivity contribution >= 4 is 27.7 Å². The quantitative estimate of drug-likeness (QED) is 0.639. The van der Waals surface area contributed by atoms with E-state index in [1.165, 1.54) is 11.8 Å². The Labute approximate surface area is 111 Å². The van der Waals surface area contributed by atoms with E-state index in [1.54, 1.807) is 0 Å². The molecule has 0 fully saturated rings. The third-order valence-corrected chi connectivity index (χ3v) is 3.23. The smallest absolute Gasteiger partial charge is 0.276 e. The van der Waals surface area contributed by atoms with Gasteiger partial charge < -0.3 is 4.42 Å². The van der Waals surface area contributed by atoms with Crippen molar-refractivity contribution < 1.29 is 4.42 Å². The molecule has 0 aliphatic heterocycles. The van der Waals surface area contributed by atoms with Crippen molar-refractivity contribution in [2.75, 3.05) is 5.75 Å². The molecule has 4 nitrogen and oxygen atoms in total. The first-order valence-corrected chi connectivity index (χ1v) is 6.66.